The van der Waals surface area contributed by atoms with Gasteiger partial charge in [-0.2, -0.15) is 0 Å². The fourth-order valence-electron chi connectivity index (χ4n) is 3.47. The maximum absolute atomic E-state index is 13.6. The van der Waals surface area contributed by atoms with Crippen molar-refractivity contribution in [2.45, 2.75) is 51.1 Å². The molecule has 1 N–H and O–H groups in total. The lowest BCUT2D eigenvalue weighted by Crippen LogP contribution is -2.27. The van der Waals surface area contributed by atoms with Gasteiger partial charge in [-0.25, -0.2) is 15.0 Å². The number of hydrogen-bond donors (Lipinski definition) is 1. The van der Waals surface area contributed by atoms with Gasteiger partial charge in [-0.1, -0.05) is 48.5 Å². The summed E-state index contributed by atoms with van der Waals surface area (Å²) in [7, 11) is 0. The Morgan fingerprint density at radius 2 is 1.88 bits per heavy atom. The number of benzene rings is 1. The van der Waals surface area contributed by atoms with Gasteiger partial charge in [0.15, 0.2) is 5.16 Å². The number of hydrogen-bond acceptors (Lipinski definition) is 7. The van der Waals surface area contributed by atoms with Gasteiger partial charge in [0.05, 0.1) is 17.2 Å². The zero-order chi connectivity index (χ0) is 23.5. The van der Waals surface area contributed by atoms with Gasteiger partial charge in [0, 0.05) is 17.3 Å². The van der Waals surface area contributed by atoms with Crippen molar-refractivity contribution in [2.24, 2.45) is 0 Å². The van der Waals surface area contributed by atoms with Crippen LogP contribution in [0, 0.1) is 13.8 Å². The Kier molecular flexibility index (Phi) is 6.90. The molecule has 0 saturated heterocycles. The number of aromatic nitrogens is 4. The van der Waals surface area contributed by atoms with Gasteiger partial charge in [0.2, 0.25) is 11.9 Å². The molecule has 7 nitrogen and oxygen atoms in total. The summed E-state index contributed by atoms with van der Waals surface area (Å²) in [6.45, 7) is 8.27. The van der Waals surface area contributed by atoms with Gasteiger partial charge in [-0.3, -0.25) is 19.5 Å². The zero-order valence-electron chi connectivity index (χ0n) is 19.0. The molecule has 3 aromatic heterocycles. The fourth-order valence-corrected chi connectivity index (χ4v) is 5.54. The Morgan fingerprint density at radius 1 is 1.18 bits per heavy atom. The van der Waals surface area contributed by atoms with Crippen LogP contribution in [0.15, 0.2) is 52.7 Å². The standard InChI is InChI=1S/C24H25N5O2S2/c1-5-18-15(3)19-21(33-18)28-24(29(22(19)31)13-17-9-7-14(2)8-10-17)32-16(4)20(30)27-23-25-11-6-12-26-23/h6-12,16H,5,13H2,1-4H3,(H,25,26,27,30). The molecule has 0 aliphatic carbocycles. The SMILES string of the molecule is CCc1sc2nc(SC(C)C(=O)Nc3ncccn3)n(Cc3ccc(C)cc3)c(=O)c2c1C. The van der Waals surface area contributed by atoms with Crippen LogP contribution in [0.4, 0.5) is 5.95 Å². The number of fused-ring (bicyclic) bond motifs is 1. The maximum Gasteiger partial charge on any atom is 0.263 e. The number of carbonyl (C=O) groups is 1. The smallest absolute Gasteiger partial charge is 0.263 e. The highest BCUT2D eigenvalue weighted by Gasteiger charge is 2.22. The number of thioether (sulfide) groups is 1. The van der Waals surface area contributed by atoms with E-state index < -0.39 is 5.25 Å². The van der Waals surface area contributed by atoms with E-state index in [9.17, 15) is 9.59 Å². The van der Waals surface area contributed by atoms with Crippen molar-refractivity contribution in [3.05, 3.63) is 74.6 Å². The van der Waals surface area contributed by atoms with E-state index in [-0.39, 0.29) is 17.4 Å². The second-order valence-electron chi connectivity index (χ2n) is 7.78. The van der Waals surface area contributed by atoms with Gasteiger partial charge in [0.1, 0.15) is 4.83 Å². The molecule has 1 unspecified atom stereocenters. The van der Waals surface area contributed by atoms with Crippen molar-refractivity contribution >= 4 is 45.2 Å². The maximum atomic E-state index is 13.6. The van der Waals surface area contributed by atoms with Gasteiger partial charge in [0.25, 0.3) is 5.56 Å². The summed E-state index contributed by atoms with van der Waals surface area (Å²) in [4.78, 5) is 41.2. The first-order chi connectivity index (χ1) is 15.9. The molecule has 9 heteroatoms. The average molecular weight is 480 g/mol. The molecule has 0 fully saturated rings. The summed E-state index contributed by atoms with van der Waals surface area (Å²) in [6.07, 6.45) is 3.99. The van der Waals surface area contributed by atoms with Crippen LogP contribution in [-0.4, -0.2) is 30.7 Å². The third kappa shape index (κ3) is 4.99. The highest BCUT2D eigenvalue weighted by molar-refractivity contribution is 8.00. The molecule has 170 valence electrons. The van der Waals surface area contributed by atoms with Gasteiger partial charge >= 0.3 is 0 Å². The van der Waals surface area contributed by atoms with E-state index >= 15 is 0 Å². The number of nitrogens with zero attached hydrogens (tertiary/aromatic N) is 4. The van der Waals surface area contributed by atoms with Crippen LogP contribution in [0.5, 0.6) is 0 Å². The molecule has 0 radical (unpaired) electrons. The van der Waals surface area contributed by atoms with Crippen molar-refractivity contribution in [1.29, 1.82) is 0 Å². The average Bonchev–Trinajstić information content (AvgIpc) is 3.13. The number of carbonyl (C=O) groups excluding carboxylic acids is 1. The van der Waals surface area contributed by atoms with E-state index in [2.05, 4.69) is 22.2 Å². The van der Waals surface area contributed by atoms with Crippen LogP contribution < -0.4 is 10.9 Å². The molecular weight excluding hydrogens is 454 g/mol. The predicted octanol–water partition coefficient (Wildman–Crippen LogP) is 4.59. The number of anilines is 1. The van der Waals surface area contributed by atoms with Crippen molar-refractivity contribution < 1.29 is 4.79 Å². The van der Waals surface area contributed by atoms with E-state index in [1.165, 1.54) is 11.8 Å². The minimum Gasteiger partial charge on any atom is -0.294 e. The number of nitrogens with one attached hydrogen (secondary N) is 1. The molecule has 1 atom stereocenters. The Bertz CT molecular complexity index is 1350. The molecule has 1 amide bonds. The molecule has 0 spiro atoms. The molecule has 3 heterocycles. The van der Waals surface area contributed by atoms with Gasteiger partial charge in [-0.15, -0.1) is 11.3 Å². The number of thiophene rings is 1. The molecule has 1 aromatic carbocycles. The van der Waals surface area contributed by atoms with E-state index in [1.54, 1.807) is 41.3 Å². The van der Waals surface area contributed by atoms with E-state index in [4.69, 9.17) is 4.98 Å². The van der Waals surface area contributed by atoms with Crippen LogP contribution in [-0.2, 0) is 17.8 Å². The summed E-state index contributed by atoms with van der Waals surface area (Å²) in [5.74, 6) is -0.00378. The predicted molar refractivity (Wildman–Crippen MR) is 134 cm³/mol. The largest absolute Gasteiger partial charge is 0.294 e. The zero-order valence-corrected chi connectivity index (χ0v) is 20.6. The second kappa shape index (κ2) is 9.84. The van der Waals surface area contributed by atoms with Gasteiger partial charge in [-0.05, 0) is 44.4 Å². The molecule has 33 heavy (non-hydrogen) atoms. The molecule has 0 aliphatic rings. The summed E-state index contributed by atoms with van der Waals surface area (Å²) in [5.41, 5.74) is 3.08. The first-order valence-corrected chi connectivity index (χ1v) is 12.4. The lowest BCUT2D eigenvalue weighted by molar-refractivity contribution is -0.115. The Morgan fingerprint density at radius 3 is 2.55 bits per heavy atom. The topological polar surface area (TPSA) is 89.8 Å². The second-order valence-corrected chi connectivity index (χ2v) is 10.2. The molecule has 4 aromatic rings. The first kappa shape index (κ1) is 23.1. The van der Waals surface area contributed by atoms with E-state index in [0.29, 0.717) is 17.1 Å². The molecule has 0 saturated carbocycles. The summed E-state index contributed by atoms with van der Waals surface area (Å²) in [5, 5.41) is 3.40. The van der Waals surface area contributed by atoms with Crippen molar-refractivity contribution in [3.63, 3.8) is 0 Å². The van der Waals surface area contributed by atoms with Crippen LogP contribution in [0.25, 0.3) is 10.2 Å². The van der Waals surface area contributed by atoms with Crippen LogP contribution in [0.1, 0.15) is 35.4 Å². The Balaban J connectivity index is 1.72. The number of aryl methyl sites for hydroxylation is 3. The highest BCUT2D eigenvalue weighted by atomic mass is 32.2. The summed E-state index contributed by atoms with van der Waals surface area (Å²) in [6, 6.07) is 9.77. The quantitative estimate of drug-likeness (QED) is 0.308. The molecular formula is C24H25N5O2S2. The third-order valence-corrected chi connectivity index (χ3v) is 7.77. The molecule has 4 rings (SSSR count). The van der Waals surface area contributed by atoms with Crippen molar-refractivity contribution in [2.75, 3.05) is 5.32 Å². The Hall–Kier alpha value is -3.04. The minimum absolute atomic E-state index is 0.0736. The van der Waals surface area contributed by atoms with Crippen LogP contribution in [0.3, 0.4) is 0 Å². The Labute approximate surface area is 200 Å². The summed E-state index contributed by atoms with van der Waals surface area (Å²) >= 11 is 2.81. The van der Waals surface area contributed by atoms with E-state index in [1.807, 2.05) is 38.1 Å². The lowest BCUT2D eigenvalue weighted by Gasteiger charge is -2.15. The monoisotopic (exact) mass is 479 g/mol. The highest BCUT2D eigenvalue weighted by Crippen LogP contribution is 2.31. The van der Waals surface area contributed by atoms with Gasteiger partial charge < -0.3 is 0 Å². The van der Waals surface area contributed by atoms with E-state index in [0.717, 1.165) is 32.8 Å². The number of amides is 1. The van der Waals surface area contributed by atoms with Crippen LogP contribution in [0.2, 0.25) is 0 Å². The number of rotatable bonds is 7. The minimum atomic E-state index is -0.505. The summed E-state index contributed by atoms with van der Waals surface area (Å²) < 4.78 is 1.68. The normalized spacial score (nSPS) is 12.1. The first-order valence-electron chi connectivity index (χ1n) is 10.7. The van der Waals surface area contributed by atoms with Crippen molar-refractivity contribution in [1.82, 2.24) is 19.5 Å². The third-order valence-electron chi connectivity index (χ3n) is 5.35. The molecule has 0 bridgehead atoms. The molecule has 0 aliphatic heterocycles. The lowest BCUT2D eigenvalue weighted by atomic mass is 10.1. The van der Waals surface area contributed by atoms with Crippen molar-refractivity contribution in [3.8, 4) is 0 Å². The van der Waals surface area contributed by atoms with Crippen LogP contribution >= 0.6 is 23.1 Å². The fraction of sp³-hybridized carbons (Fsp3) is 0.292.